The number of pyridine rings is 1. The lowest BCUT2D eigenvalue weighted by atomic mass is 10.3. The van der Waals surface area contributed by atoms with Gasteiger partial charge in [-0.15, -0.1) is 10.2 Å². The number of carbonyl (C=O) groups excluding carboxylic acids is 2. The maximum Gasteiger partial charge on any atom is 0.369 e. The largest absolute Gasteiger partial charge is 0.479 e. The van der Waals surface area contributed by atoms with Crippen LogP contribution in [-0.4, -0.2) is 34.4 Å². The lowest BCUT2D eigenvalue weighted by molar-refractivity contribution is -0.222. The molecule has 0 atom stereocenters. The van der Waals surface area contributed by atoms with E-state index < -0.39 is 29.4 Å². The number of esters is 2. The normalized spacial score (nSPS) is 16.9. The van der Waals surface area contributed by atoms with Gasteiger partial charge in [-0.05, 0) is 19.1 Å². The van der Waals surface area contributed by atoms with Crippen LogP contribution in [-0.2, 0) is 19.0 Å². The first-order valence-corrected chi connectivity index (χ1v) is 6.73. The average Bonchev–Trinajstić information content (AvgIpc) is 2.46. The van der Waals surface area contributed by atoms with E-state index in [4.69, 9.17) is 14.2 Å². The maximum absolute atomic E-state index is 11.7. The molecule has 0 saturated heterocycles. The number of aromatic nitrogens is 1. The van der Waals surface area contributed by atoms with Gasteiger partial charge in [0.1, 0.15) is 0 Å². The Morgan fingerprint density at radius 1 is 1.35 bits per heavy atom. The van der Waals surface area contributed by atoms with Crippen LogP contribution in [0.4, 0.5) is 5.82 Å². The van der Waals surface area contributed by atoms with Crippen LogP contribution in [0.1, 0.15) is 31.1 Å². The molecular formula is C14H15N3O6. The predicted octanol–water partition coefficient (Wildman–Crippen LogP) is 2.38. The van der Waals surface area contributed by atoms with E-state index in [9.17, 15) is 14.7 Å². The Kier molecular flexibility index (Phi) is 4.58. The summed E-state index contributed by atoms with van der Waals surface area (Å²) < 4.78 is 14.7. The lowest BCUT2D eigenvalue weighted by Gasteiger charge is -2.28. The van der Waals surface area contributed by atoms with Crippen LogP contribution in [0.5, 0.6) is 0 Å². The van der Waals surface area contributed by atoms with Crippen molar-refractivity contribution in [1.82, 2.24) is 4.98 Å². The van der Waals surface area contributed by atoms with Crippen molar-refractivity contribution in [2.24, 2.45) is 10.2 Å². The van der Waals surface area contributed by atoms with Gasteiger partial charge in [0.2, 0.25) is 0 Å². The number of ether oxygens (including phenoxy) is 3. The summed E-state index contributed by atoms with van der Waals surface area (Å²) >= 11 is 0. The Morgan fingerprint density at radius 3 is 2.65 bits per heavy atom. The minimum atomic E-state index is -1.28. The molecule has 0 bridgehead atoms. The Balaban J connectivity index is 2.14. The van der Waals surface area contributed by atoms with E-state index in [-0.39, 0.29) is 18.0 Å². The summed E-state index contributed by atoms with van der Waals surface area (Å²) in [6.45, 7) is 4.88. The highest BCUT2D eigenvalue weighted by Crippen LogP contribution is 2.26. The molecule has 1 aliphatic heterocycles. The molecule has 0 aromatic carbocycles. The molecule has 122 valence electrons. The number of azo groups is 1. The molecular weight excluding hydrogens is 306 g/mol. The van der Waals surface area contributed by atoms with Gasteiger partial charge in [0.15, 0.2) is 5.82 Å². The highest BCUT2D eigenvalue weighted by atomic mass is 16.8. The monoisotopic (exact) mass is 321 g/mol. The molecule has 0 radical (unpaired) electrons. The third-order valence-electron chi connectivity index (χ3n) is 2.59. The molecule has 9 heteroatoms. The topological polar surface area (TPSA) is 120 Å². The molecule has 23 heavy (non-hydrogen) atoms. The summed E-state index contributed by atoms with van der Waals surface area (Å²) in [6.07, 6.45) is 1.26. The van der Waals surface area contributed by atoms with E-state index in [1.54, 1.807) is 6.92 Å². The summed E-state index contributed by atoms with van der Waals surface area (Å²) in [4.78, 5) is 27.1. The second-order valence-electron chi connectivity index (χ2n) is 4.87. The van der Waals surface area contributed by atoms with Gasteiger partial charge < -0.3 is 19.3 Å². The SMILES string of the molecule is CCOC(=O)c1ccc(N=NC2=C(O)OC(C)(C)OC2=O)nc1. The first-order chi connectivity index (χ1) is 10.8. The molecule has 0 aliphatic carbocycles. The number of aliphatic hydroxyl groups excluding tert-OH is 1. The second kappa shape index (κ2) is 6.42. The summed E-state index contributed by atoms with van der Waals surface area (Å²) in [7, 11) is 0. The Bertz CT molecular complexity index is 678. The van der Waals surface area contributed by atoms with Crippen LogP contribution in [0, 0.1) is 0 Å². The van der Waals surface area contributed by atoms with Crippen molar-refractivity contribution in [2.75, 3.05) is 6.61 Å². The molecule has 2 heterocycles. The molecule has 0 amide bonds. The first-order valence-electron chi connectivity index (χ1n) is 6.73. The number of rotatable bonds is 4. The number of aliphatic hydroxyl groups is 1. The second-order valence-corrected chi connectivity index (χ2v) is 4.87. The fourth-order valence-electron chi connectivity index (χ4n) is 1.63. The van der Waals surface area contributed by atoms with E-state index in [2.05, 4.69) is 15.2 Å². The van der Waals surface area contributed by atoms with Crippen molar-refractivity contribution in [3.05, 3.63) is 35.5 Å². The summed E-state index contributed by atoms with van der Waals surface area (Å²) in [5.41, 5.74) is -0.212. The molecule has 0 saturated carbocycles. The lowest BCUT2D eigenvalue weighted by Crippen LogP contribution is -2.36. The van der Waals surface area contributed by atoms with Gasteiger partial charge in [0.25, 0.3) is 11.5 Å². The van der Waals surface area contributed by atoms with Gasteiger partial charge in [-0.3, -0.25) is 0 Å². The summed E-state index contributed by atoms with van der Waals surface area (Å²) in [5.74, 6) is -3.21. The van der Waals surface area contributed by atoms with Crippen LogP contribution in [0.25, 0.3) is 0 Å². The fraction of sp³-hybridized carbons (Fsp3) is 0.357. The quantitative estimate of drug-likeness (QED) is 0.667. The van der Waals surface area contributed by atoms with Crippen LogP contribution >= 0.6 is 0 Å². The maximum atomic E-state index is 11.7. The third kappa shape index (κ3) is 4.02. The average molecular weight is 321 g/mol. The highest BCUT2D eigenvalue weighted by molar-refractivity contribution is 5.89. The number of nitrogens with zero attached hydrogens (tertiary/aromatic N) is 3. The molecule has 1 aliphatic rings. The Morgan fingerprint density at radius 2 is 2.09 bits per heavy atom. The van der Waals surface area contributed by atoms with Crippen molar-refractivity contribution in [1.29, 1.82) is 0 Å². The van der Waals surface area contributed by atoms with Crippen molar-refractivity contribution < 1.29 is 28.9 Å². The van der Waals surface area contributed by atoms with Crippen LogP contribution in [0.15, 0.2) is 40.2 Å². The molecule has 1 N–H and O–H groups in total. The molecule has 0 spiro atoms. The Labute approximate surface area is 131 Å². The summed E-state index contributed by atoms with van der Waals surface area (Å²) in [5, 5.41) is 16.9. The standard InChI is InChI=1S/C14H15N3O6/c1-4-21-11(18)8-5-6-9(15-7-8)16-17-10-12(19)22-14(2,3)23-13(10)20/h5-7,19H,4H2,1-3H3. The van der Waals surface area contributed by atoms with Crippen LogP contribution in [0.2, 0.25) is 0 Å². The number of hydrogen-bond acceptors (Lipinski definition) is 9. The molecule has 0 unspecified atom stereocenters. The third-order valence-corrected chi connectivity index (χ3v) is 2.59. The van der Waals surface area contributed by atoms with Crippen molar-refractivity contribution in [2.45, 2.75) is 26.6 Å². The smallest absolute Gasteiger partial charge is 0.369 e. The minimum absolute atomic E-state index is 0.121. The summed E-state index contributed by atoms with van der Waals surface area (Å²) in [6, 6.07) is 2.86. The fourth-order valence-corrected chi connectivity index (χ4v) is 1.63. The number of carbonyl (C=O) groups is 2. The molecule has 1 aromatic heterocycles. The first kappa shape index (κ1) is 16.4. The van der Waals surface area contributed by atoms with E-state index in [1.165, 1.54) is 32.2 Å². The van der Waals surface area contributed by atoms with E-state index in [0.717, 1.165) is 0 Å². The van der Waals surface area contributed by atoms with E-state index in [1.807, 2.05) is 0 Å². The van der Waals surface area contributed by atoms with Gasteiger partial charge in [-0.25, -0.2) is 14.6 Å². The minimum Gasteiger partial charge on any atom is -0.479 e. The van der Waals surface area contributed by atoms with E-state index in [0.29, 0.717) is 0 Å². The van der Waals surface area contributed by atoms with Crippen molar-refractivity contribution in [3.63, 3.8) is 0 Å². The predicted molar refractivity (Wildman–Crippen MR) is 75.6 cm³/mol. The Hall–Kier alpha value is -2.97. The molecule has 9 nitrogen and oxygen atoms in total. The van der Waals surface area contributed by atoms with Gasteiger partial charge in [-0.2, -0.15) is 0 Å². The van der Waals surface area contributed by atoms with Crippen LogP contribution < -0.4 is 0 Å². The number of hydrogen-bond donors (Lipinski definition) is 1. The zero-order valence-corrected chi connectivity index (χ0v) is 12.8. The molecule has 1 aromatic rings. The van der Waals surface area contributed by atoms with Crippen molar-refractivity contribution >= 4 is 17.8 Å². The van der Waals surface area contributed by atoms with Crippen LogP contribution in [0.3, 0.4) is 0 Å². The molecule has 0 fully saturated rings. The zero-order chi connectivity index (χ0) is 17.0. The molecule has 2 rings (SSSR count). The number of cyclic esters (lactones) is 1. The van der Waals surface area contributed by atoms with E-state index >= 15 is 0 Å². The highest BCUT2D eigenvalue weighted by Gasteiger charge is 2.36. The zero-order valence-electron chi connectivity index (χ0n) is 12.8. The van der Waals surface area contributed by atoms with Crippen molar-refractivity contribution in [3.8, 4) is 0 Å². The van der Waals surface area contributed by atoms with Gasteiger partial charge in [0, 0.05) is 20.0 Å². The van der Waals surface area contributed by atoms with Gasteiger partial charge in [-0.1, -0.05) is 0 Å². The van der Waals surface area contributed by atoms with Gasteiger partial charge >= 0.3 is 17.9 Å². The van der Waals surface area contributed by atoms with Gasteiger partial charge in [0.05, 0.1) is 12.2 Å².